The largest absolute Gasteiger partial charge is 1.00 e. The maximum atomic E-state index is 14.0. The number of aryl methyl sites for hydroxylation is 6. The van der Waals surface area contributed by atoms with Crippen molar-refractivity contribution in [1.29, 1.82) is 0 Å². The van der Waals surface area contributed by atoms with Gasteiger partial charge < -0.3 is 68.1 Å². The summed E-state index contributed by atoms with van der Waals surface area (Å²) in [6.07, 6.45) is 2.15. The highest BCUT2D eigenvalue weighted by Crippen LogP contribution is 2.38. The molecule has 604 valence electrons. The van der Waals surface area contributed by atoms with Gasteiger partial charge in [0.15, 0.2) is 11.1 Å². The Labute approximate surface area is 686 Å². The number of ether oxygens (including phenoxy) is 6. The van der Waals surface area contributed by atoms with Crippen LogP contribution in [0, 0.1) is 48.5 Å². The summed E-state index contributed by atoms with van der Waals surface area (Å²) in [4.78, 5) is 79.1. The third kappa shape index (κ3) is 17.3. The van der Waals surface area contributed by atoms with Gasteiger partial charge >= 0.3 is 23.9 Å². The van der Waals surface area contributed by atoms with E-state index in [2.05, 4.69) is 191 Å². The molecule has 2 atom stereocenters. The molecule has 0 radical (unpaired) electrons. The molecule has 114 heavy (non-hydrogen) atoms. The summed E-state index contributed by atoms with van der Waals surface area (Å²) in [5.41, 5.74) is 17.3. The molecular formula is C93H112Cl2N4O13Si2. The van der Waals surface area contributed by atoms with Crippen LogP contribution in [0.1, 0.15) is 186 Å². The minimum Gasteiger partial charge on any atom is -1.00 e. The molecule has 8 aromatic rings. The van der Waals surface area contributed by atoms with Gasteiger partial charge in [-0.1, -0.05) is 64.3 Å². The molecule has 4 heterocycles. The quantitative estimate of drug-likeness (QED) is 0.0434. The zero-order valence-electron chi connectivity index (χ0n) is 70.7. The number of carbonyl (C=O) groups is 6. The van der Waals surface area contributed by atoms with E-state index in [-0.39, 0.29) is 86.6 Å². The molecule has 21 heteroatoms. The Morgan fingerprint density at radius 1 is 0.439 bits per heavy atom. The number of rotatable bonds is 20. The lowest BCUT2D eigenvalue weighted by atomic mass is 9.82. The molecule has 12 rings (SSSR count). The average molecular weight is 1620 g/mol. The lowest BCUT2D eigenvalue weighted by Crippen LogP contribution is -3.00. The first-order valence-electron chi connectivity index (χ1n) is 39.1. The van der Waals surface area contributed by atoms with E-state index in [1.165, 1.54) is 109 Å². The van der Waals surface area contributed by atoms with Crippen molar-refractivity contribution >= 4 is 83.7 Å². The van der Waals surface area contributed by atoms with E-state index < -0.39 is 45.9 Å². The third-order valence-electron chi connectivity index (χ3n) is 24.1. The lowest BCUT2D eigenvalue weighted by Gasteiger charge is -2.36. The predicted molar refractivity (Wildman–Crippen MR) is 449 cm³/mol. The van der Waals surface area contributed by atoms with Crippen molar-refractivity contribution in [2.24, 2.45) is 0 Å². The Morgan fingerprint density at radius 3 is 1.14 bits per heavy atom. The second-order valence-electron chi connectivity index (χ2n) is 33.3. The fraction of sp³-hybridized carbons (Fsp3) is 0.398. The van der Waals surface area contributed by atoms with Crippen LogP contribution in [0.2, 0.25) is 26.2 Å². The number of fused-ring (bicyclic) bond motifs is 6. The zero-order chi connectivity index (χ0) is 81.7. The standard InChI is InChI=1S/C48H59N2O6Si.C45H52N2O7Si.2ClH/c1-13-50-41-27-43-40(26-39(41)32(5)28-48(50,7)8)46(38-17-15-35(25-42(38)57(43,11)12)56-36-23-29(2)33(6)30(3)24-36)37-16-14-34(22-31(37)4)47(53)49(20-18-44(51)54-9)21-19-45(52)55-10;1-12-47-37-22-39-36(21-35(37)29(5)23-45(47,6)7)42(33-15-13-30(17-26(33)2)44(51)46(24-40(48)52-8)25-41(49)53-9)34-16-14-31(20-38(34)55(39,10)11)54-32-18-27(3)43(50)28(4)19-32;;/h14-17,22-27,32H,13,18-21,28H2,1-12H3;13-22,29H,12,23-25H2,1-11H3;2*1H/q+1;;;/p-1. The Morgan fingerprint density at radius 2 is 0.789 bits per heavy atom. The van der Waals surface area contributed by atoms with Gasteiger partial charge in [0, 0.05) is 60.3 Å². The molecule has 0 fully saturated rings. The highest BCUT2D eigenvalue weighted by molar-refractivity contribution is 7.02. The first-order valence-corrected chi connectivity index (χ1v) is 45.1. The average Bonchev–Trinajstić information content (AvgIpc) is 0.712. The number of halogens is 2. The molecule has 0 saturated heterocycles. The lowest BCUT2D eigenvalue weighted by molar-refractivity contribution is -0.145. The van der Waals surface area contributed by atoms with Gasteiger partial charge in [0.25, 0.3) is 11.8 Å². The van der Waals surface area contributed by atoms with Crippen LogP contribution in [0.25, 0.3) is 11.1 Å². The first-order chi connectivity index (χ1) is 52.8. The highest BCUT2D eigenvalue weighted by atomic mass is 35.5. The van der Waals surface area contributed by atoms with E-state index in [4.69, 9.17) is 28.4 Å². The van der Waals surface area contributed by atoms with Crippen molar-refractivity contribution in [3.8, 4) is 28.7 Å². The summed E-state index contributed by atoms with van der Waals surface area (Å²) >= 11 is 0. The van der Waals surface area contributed by atoms with Gasteiger partial charge in [-0.05, 0) is 290 Å². The number of carbonyl (C=O) groups excluding carboxylic acids is 6. The maximum absolute atomic E-state index is 14.0. The molecule has 0 bridgehead atoms. The van der Waals surface area contributed by atoms with Gasteiger partial charge in [0.2, 0.25) is 10.7 Å². The number of nitrogens with zero attached hydrogens (tertiary/aromatic N) is 4. The van der Waals surface area contributed by atoms with E-state index in [0.717, 1.165) is 98.2 Å². The van der Waals surface area contributed by atoms with Crippen molar-refractivity contribution in [2.45, 2.75) is 179 Å². The number of hydrogen-bond acceptors (Lipinski definition) is 13. The van der Waals surface area contributed by atoms with Gasteiger partial charge in [-0.25, -0.2) is 9.15 Å². The van der Waals surface area contributed by atoms with Crippen LogP contribution in [0.4, 0.5) is 0 Å². The Kier molecular flexibility index (Phi) is 27.0. The normalized spacial score (nSPS) is 16.0. The number of aromatic hydroxyl groups is 1. The Hall–Kier alpha value is -9.67. The van der Waals surface area contributed by atoms with Gasteiger partial charge in [-0.2, -0.15) is 0 Å². The summed E-state index contributed by atoms with van der Waals surface area (Å²) < 4.78 is 37.6. The van der Waals surface area contributed by atoms with Gasteiger partial charge in [0.1, 0.15) is 71.1 Å². The molecule has 4 aliphatic rings. The number of amides is 2. The van der Waals surface area contributed by atoms with Crippen LogP contribution in [-0.2, 0) is 38.1 Å². The molecule has 2 amide bonds. The van der Waals surface area contributed by atoms with E-state index in [0.29, 0.717) is 28.7 Å². The monoisotopic (exact) mass is 1620 g/mol. The van der Waals surface area contributed by atoms with Gasteiger partial charge in [-0.3, -0.25) is 28.8 Å². The molecule has 2 unspecified atom stereocenters. The van der Waals surface area contributed by atoms with Crippen LogP contribution in [0.3, 0.4) is 0 Å². The van der Waals surface area contributed by atoms with Crippen molar-refractivity contribution in [3.05, 3.63) is 226 Å². The molecule has 0 aliphatic carbocycles. The SMILES string of the molecule is CC[N+]1=c2cc3c(cc2C(C)CC1(C)C)=C(c1ccc(C(=O)N(CC(=O)OC)CC(=O)OC)cc1C)c1ccc(Oc2cc(C)c(O)c(C)c2)cc1[Si]3(C)C.CC[N+]1=c2cc3c(cc2C(C)CC1(C)C)=C(c1ccc(C(=O)N(CCC(=O)OC)CCC(=O)OC)cc1C)c1ccc(Oc2cc(C)c(C)c(C)c2)cc1[Si]3(C)C.[Cl-].[Cl-]. The minimum atomic E-state index is -2.37. The molecule has 1 N–H and O–H groups in total. The van der Waals surface area contributed by atoms with Crippen LogP contribution < -0.4 is 85.3 Å². The number of esters is 4. The van der Waals surface area contributed by atoms with Crippen LogP contribution in [0.15, 0.2) is 121 Å². The minimum absolute atomic E-state index is 0. The summed E-state index contributed by atoms with van der Waals surface area (Å²) in [7, 11) is 0.436. The fourth-order valence-electron chi connectivity index (χ4n) is 17.9. The van der Waals surface area contributed by atoms with Crippen molar-refractivity contribution in [3.63, 3.8) is 0 Å². The summed E-state index contributed by atoms with van der Waals surface area (Å²) in [6.45, 7) is 43.8. The highest BCUT2D eigenvalue weighted by Gasteiger charge is 2.45. The number of methoxy groups -OCH3 is 4. The Bertz CT molecular complexity index is 5390. The second-order valence-corrected chi connectivity index (χ2v) is 41.9. The third-order valence-corrected chi connectivity index (χ3v) is 31.1. The van der Waals surface area contributed by atoms with E-state index in [1.54, 1.807) is 6.07 Å². The van der Waals surface area contributed by atoms with Crippen molar-refractivity contribution in [1.82, 2.24) is 19.0 Å². The summed E-state index contributed by atoms with van der Waals surface area (Å²) in [5.74, 6) is 1.22. The van der Waals surface area contributed by atoms with Crippen LogP contribution >= 0.6 is 0 Å². The predicted octanol–water partition coefficient (Wildman–Crippen LogP) is 5.55. The molecular weight excluding hydrogens is 1510 g/mol. The molecule has 17 nitrogen and oxygen atoms in total. The molecule has 8 aromatic carbocycles. The van der Waals surface area contributed by atoms with Gasteiger partial charge in [-0.15, -0.1) is 0 Å². The Balaban J connectivity index is 0.000000257. The number of phenols is 1. The second kappa shape index (κ2) is 34.8. The van der Waals surface area contributed by atoms with E-state index in [1.807, 2.05) is 63.2 Å². The topological polar surface area (TPSA) is 191 Å². The van der Waals surface area contributed by atoms with Crippen LogP contribution in [0.5, 0.6) is 28.7 Å². The van der Waals surface area contributed by atoms with Crippen molar-refractivity contribution in [2.75, 3.05) is 67.7 Å². The van der Waals surface area contributed by atoms with E-state index >= 15 is 0 Å². The van der Waals surface area contributed by atoms with Crippen LogP contribution in [-0.4, -0.2) is 146 Å². The maximum Gasteiger partial charge on any atom is 0.325 e. The molecule has 0 saturated carbocycles. The summed E-state index contributed by atoms with van der Waals surface area (Å²) in [5, 5.41) is 20.8. The number of phenolic OH excluding ortho intramolecular Hbond substituents is 1. The smallest absolute Gasteiger partial charge is 0.325 e. The molecule has 0 aromatic heterocycles. The molecule has 4 aliphatic heterocycles. The zero-order valence-corrected chi connectivity index (χ0v) is 74.2. The van der Waals surface area contributed by atoms with Crippen molar-refractivity contribution < 1.29 is 87.1 Å². The number of benzene rings is 8. The summed E-state index contributed by atoms with van der Waals surface area (Å²) in [6, 6.07) is 42.2. The van der Waals surface area contributed by atoms with Gasteiger partial charge in [0.05, 0.1) is 41.3 Å². The number of hydrogen-bond donors (Lipinski definition) is 1. The first kappa shape index (κ1) is 88.3. The fourth-order valence-corrected chi connectivity index (χ4v) is 24.0. The van der Waals surface area contributed by atoms with E-state index in [9.17, 15) is 33.9 Å². The molecule has 0 spiro atoms.